The SMILES string of the molecule is COC(=O)Cc1nc2nccc(C3CCOC3)n2n1. The predicted molar refractivity (Wildman–Crippen MR) is 64.7 cm³/mol. The van der Waals surface area contributed by atoms with Gasteiger partial charge in [-0.3, -0.25) is 4.79 Å². The van der Waals surface area contributed by atoms with Crippen LogP contribution in [-0.2, 0) is 20.7 Å². The van der Waals surface area contributed by atoms with Gasteiger partial charge in [0.25, 0.3) is 5.78 Å². The minimum Gasteiger partial charge on any atom is -0.469 e. The molecule has 0 spiro atoms. The normalized spacial score (nSPS) is 18.9. The Morgan fingerprint density at radius 3 is 3.26 bits per heavy atom. The van der Waals surface area contributed by atoms with Crippen molar-refractivity contribution < 1.29 is 14.3 Å². The Kier molecular flexibility index (Phi) is 3.12. The summed E-state index contributed by atoms with van der Waals surface area (Å²) in [5.74, 6) is 0.869. The number of rotatable bonds is 3. The Bertz CT molecular complexity index is 604. The van der Waals surface area contributed by atoms with Crippen LogP contribution in [0.5, 0.6) is 0 Å². The molecule has 2 aromatic heterocycles. The molecule has 3 rings (SSSR count). The fourth-order valence-electron chi connectivity index (χ4n) is 2.21. The molecule has 1 saturated heterocycles. The van der Waals surface area contributed by atoms with Gasteiger partial charge in [-0.05, 0) is 12.5 Å². The van der Waals surface area contributed by atoms with Gasteiger partial charge in [0.15, 0.2) is 5.82 Å². The molecule has 0 saturated carbocycles. The van der Waals surface area contributed by atoms with Crippen LogP contribution in [0.15, 0.2) is 12.3 Å². The fourth-order valence-corrected chi connectivity index (χ4v) is 2.21. The highest BCUT2D eigenvalue weighted by atomic mass is 16.5. The van der Waals surface area contributed by atoms with E-state index in [1.807, 2.05) is 6.07 Å². The molecular formula is C12H14N4O3. The summed E-state index contributed by atoms with van der Waals surface area (Å²) in [6, 6.07) is 1.92. The summed E-state index contributed by atoms with van der Waals surface area (Å²) in [6.45, 7) is 1.45. The minimum atomic E-state index is -0.360. The van der Waals surface area contributed by atoms with Crippen LogP contribution in [-0.4, -0.2) is 45.9 Å². The van der Waals surface area contributed by atoms with Crippen molar-refractivity contribution in [2.24, 2.45) is 0 Å². The van der Waals surface area contributed by atoms with E-state index in [2.05, 4.69) is 19.8 Å². The number of carbonyl (C=O) groups is 1. The average Bonchev–Trinajstić information content (AvgIpc) is 3.06. The molecule has 0 bridgehead atoms. The second-order valence-electron chi connectivity index (χ2n) is 4.42. The van der Waals surface area contributed by atoms with Gasteiger partial charge in [-0.15, -0.1) is 5.10 Å². The molecule has 1 fully saturated rings. The van der Waals surface area contributed by atoms with Gasteiger partial charge in [0.1, 0.15) is 6.42 Å². The number of esters is 1. The predicted octanol–water partition coefficient (Wildman–Crippen LogP) is 0.344. The van der Waals surface area contributed by atoms with E-state index in [0.717, 1.165) is 18.7 Å². The van der Waals surface area contributed by atoms with Gasteiger partial charge >= 0.3 is 5.97 Å². The molecule has 0 N–H and O–H groups in total. The quantitative estimate of drug-likeness (QED) is 0.742. The zero-order chi connectivity index (χ0) is 13.2. The average molecular weight is 262 g/mol. The van der Waals surface area contributed by atoms with E-state index in [0.29, 0.717) is 24.1 Å². The number of nitrogens with zero attached hydrogens (tertiary/aromatic N) is 4. The number of aromatic nitrogens is 4. The highest BCUT2D eigenvalue weighted by Crippen LogP contribution is 2.24. The van der Waals surface area contributed by atoms with E-state index in [4.69, 9.17) is 4.74 Å². The zero-order valence-electron chi connectivity index (χ0n) is 10.6. The molecule has 3 heterocycles. The first kappa shape index (κ1) is 12.0. The lowest BCUT2D eigenvalue weighted by Crippen LogP contribution is -2.08. The molecule has 1 unspecified atom stereocenters. The van der Waals surface area contributed by atoms with Crippen molar-refractivity contribution in [3.63, 3.8) is 0 Å². The van der Waals surface area contributed by atoms with Crippen molar-refractivity contribution in [2.45, 2.75) is 18.8 Å². The van der Waals surface area contributed by atoms with Crippen LogP contribution in [0.3, 0.4) is 0 Å². The maximum Gasteiger partial charge on any atom is 0.313 e. The summed E-state index contributed by atoms with van der Waals surface area (Å²) >= 11 is 0. The van der Waals surface area contributed by atoms with Gasteiger partial charge < -0.3 is 9.47 Å². The molecule has 1 atom stereocenters. The molecule has 0 amide bonds. The fraction of sp³-hybridized carbons (Fsp3) is 0.500. The number of ether oxygens (including phenoxy) is 2. The first-order valence-electron chi connectivity index (χ1n) is 6.13. The first-order chi connectivity index (χ1) is 9.28. The summed E-state index contributed by atoms with van der Waals surface area (Å²) in [7, 11) is 1.34. The molecule has 0 radical (unpaired) electrons. The Balaban J connectivity index is 1.97. The van der Waals surface area contributed by atoms with Gasteiger partial charge in [0.05, 0.1) is 19.4 Å². The lowest BCUT2D eigenvalue weighted by molar-refractivity contribution is -0.139. The summed E-state index contributed by atoms with van der Waals surface area (Å²) in [5, 5.41) is 4.33. The lowest BCUT2D eigenvalue weighted by atomic mass is 10.1. The lowest BCUT2D eigenvalue weighted by Gasteiger charge is -2.08. The molecule has 19 heavy (non-hydrogen) atoms. The second-order valence-corrected chi connectivity index (χ2v) is 4.42. The van der Waals surface area contributed by atoms with Crippen molar-refractivity contribution in [1.29, 1.82) is 0 Å². The van der Waals surface area contributed by atoms with E-state index in [1.165, 1.54) is 7.11 Å². The minimum absolute atomic E-state index is 0.0560. The first-order valence-corrected chi connectivity index (χ1v) is 6.13. The Hall–Kier alpha value is -2.02. The van der Waals surface area contributed by atoms with Crippen molar-refractivity contribution in [3.05, 3.63) is 23.8 Å². The van der Waals surface area contributed by atoms with Crippen LogP contribution in [0.2, 0.25) is 0 Å². The van der Waals surface area contributed by atoms with E-state index in [9.17, 15) is 4.79 Å². The third-order valence-corrected chi connectivity index (χ3v) is 3.19. The third-order valence-electron chi connectivity index (χ3n) is 3.19. The molecule has 0 aliphatic carbocycles. The highest BCUT2D eigenvalue weighted by Gasteiger charge is 2.22. The highest BCUT2D eigenvalue weighted by molar-refractivity contribution is 5.71. The second kappa shape index (κ2) is 4.93. The van der Waals surface area contributed by atoms with E-state index < -0.39 is 0 Å². The number of hydrogen-bond acceptors (Lipinski definition) is 6. The summed E-state index contributed by atoms with van der Waals surface area (Å²) in [4.78, 5) is 19.6. The van der Waals surface area contributed by atoms with Gasteiger partial charge in [-0.25, -0.2) is 9.50 Å². The van der Waals surface area contributed by atoms with Gasteiger partial charge in [0.2, 0.25) is 0 Å². The van der Waals surface area contributed by atoms with Gasteiger partial charge in [-0.2, -0.15) is 4.98 Å². The Morgan fingerprint density at radius 1 is 1.63 bits per heavy atom. The maximum atomic E-state index is 11.2. The molecule has 0 aromatic carbocycles. The van der Waals surface area contributed by atoms with Crippen LogP contribution in [0, 0.1) is 0 Å². The van der Waals surface area contributed by atoms with Gasteiger partial charge in [0, 0.05) is 18.7 Å². The monoisotopic (exact) mass is 262 g/mol. The van der Waals surface area contributed by atoms with E-state index in [-0.39, 0.29) is 12.4 Å². The van der Waals surface area contributed by atoms with Crippen molar-refractivity contribution >= 4 is 11.7 Å². The van der Waals surface area contributed by atoms with Crippen LogP contribution < -0.4 is 0 Å². The van der Waals surface area contributed by atoms with Crippen LogP contribution in [0.1, 0.15) is 23.9 Å². The molecule has 2 aromatic rings. The molecule has 1 aliphatic heterocycles. The summed E-state index contributed by atoms with van der Waals surface area (Å²) in [6.07, 6.45) is 2.73. The van der Waals surface area contributed by atoms with Crippen LogP contribution in [0.25, 0.3) is 5.78 Å². The number of carbonyl (C=O) groups excluding carboxylic acids is 1. The topological polar surface area (TPSA) is 78.6 Å². The van der Waals surface area contributed by atoms with E-state index >= 15 is 0 Å². The number of fused-ring (bicyclic) bond motifs is 1. The zero-order valence-corrected chi connectivity index (χ0v) is 10.6. The van der Waals surface area contributed by atoms with Crippen molar-refractivity contribution in [1.82, 2.24) is 19.6 Å². The number of hydrogen-bond donors (Lipinski definition) is 0. The Labute approximate surface area is 109 Å². The molecular weight excluding hydrogens is 248 g/mol. The van der Waals surface area contributed by atoms with Crippen molar-refractivity contribution in [2.75, 3.05) is 20.3 Å². The number of methoxy groups -OCH3 is 1. The van der Waals surface area contributed by atoms with Crippen LogP contribution in [0.4, 0.5) is 0 Å². The van der Waals surface area contributed by atoms with Gasteiger partial charge in [-0.1, -0.05) is 0 Å². The summed E-state index contributed by atoms with van der Waals surface area (Å²) < 4.78 is 11.7. The van der Waals surface area contributed by atoms with Crippen LogP contribution >= 0.6 is 0 Å². The van der Waals surface area contributed by atoms with E-state index in [1.54, 1.807) is 10.7 Å². The Morgan fingerprint density at radius 2 is 2.53 bits per heavy atom. The molecule has 7 nitrogen and oxygen atoms in total. The molecule has 7 heteroatoms. The standard InChI is InChI=1S/C12H14N4O3/c1-18-11(17)6-10-14-12-13-4-2-9(16(12)15-10)8-3-5-19-7-8/h2,4,8H,3,5-7H2,1H3. The maximum absolute atomic E-state index is 11.2. The summed E-state index contributed by atoms with van der Waals surface area (Å²) in [5.41, 5.74) is 1.02. The van der Waals surface area contributed by atoms with Crippen molar-refractivity contribution in [3.8, 4) is 0 Å². The smallest absolute Gasteiger partial charge is 0.313 e. The molecule has 100 valence electrons. The third kappa shape index (κ3) is 2.28. The molecule has 1 aliphatic rings. The largest absolute Gasteiger partial charge is 0.469 e.